The molecule has 0 aromatic carbocycles. The molecule has 0 spiro atoms. The van der Waals surface area contributed by atoms with Gasteiger partial charge >= 0.3 is 0 Å². The minimum Gasteiger partial charge on any atom is -0.315 e. The maximum absolute atomic E-state index is 3.51. The van der Waals surface area contributed by atoms with Crippen LogP contribution in [0.2, 0.25) is 0 Å². The fraction of sp³-hybridized carbons (Fsp3) is 1.00. The minimum atomic E-state index is 0.620. The number of hydrogen-bond donors (Lipinski definition) is 1. The molecular weight excluding hydrogens is 220 g/mol. The molecule has 1 rings (SSSR count). The van der Waals surface area contributed by atoms with Crippen molar-refractivity contribution in [3.63, 3.8) is 0 Å². The monoisotopic (exact) mass is 254 g/mol. The Morgan fingerprint density at radius 2 is 1.83 bits per heavy atom. The number of piperidine rings is 1. The summed E-state index contributed by atoms with van der Waals surface area (Å²) in [7, 11) is 0. The van der Waals surface area contributed by atoms with Crippen LogP contribution in [-0.4, -0.2) is 36.1 Å². The van der Waals surface area contributed by atoms with Crippen LogP contribution in [-0.2, 0) is 0 Å². The van der Waals surface area contributed by atoms with Crippen molar-refractivity contribution >= 4 is 0 Å². The zero-order valence-electron chi connectivity index (χ0n) is 13.4. The van der Waals surface area contributed by atoms with Crippen molar-refractivity contribution in [2.24, 2.45) is 11.8 Å². The average Bonchev–Trinajstić information content (AvgIpc) is 2.28. The van der Waals surface area contributed by atoms with Crippen LogP contribution >= 0.6 is 0 Å². The summed E-state index contributed by atoms with van der Waals surface area (Å²) in [5.41, 5.74) is 0. The normalized spacial score (nSPS) is 31.8. The summed E-state index contributed by atoms with van der Waals surface area (Å²) in [6, 6.07) is 2.11. The fourth-order valence-electron chi connectivity index (χ4n) is 3.29. The number of nitrogens with one attached hydrogen (secondary N) is 1. The van der Waals surface area contributed by atoms with E-state index in [1.54, 1.807) is 0 Å². The predicted molar refractivity (Wildman–Crippen MR) is 80.9 cm³/mol. The van der Waals surface area contributed by atoms with E-state index in [1.165, 1.54) is 25.8 Å². The fourth-order valence-corrected chi connectivity index (χ4v) is 3.29. The molecule has 0 bridgehead atoms. The molecule has 0 amide bonds. The Morgan fingerprint density at radius 3 is 2.44 bits per heavy atom. The van der Waals surface area contributed by atoms with Gasteiger partial charge in [-0.2, -0.15) is 0 Å². The lowest BCUT2D eigenvalue weighted by Crippen LogP contribution is -2.50. The van der Waals surface area contributed by atoms with Crippen LogP contribution in [0.5, 0.6) is 0 Å². The van der Waals surface area contributed by atoms with Gasteiger partial charge in [0.05, 0.1) is 0 Å². The van der Waals surface area contributed by atoms with Crippen molar-refractivity contribution in [1.82, 2.24) is 10.2 Å². The van der Waals surface area contributed by atoms with E-state index in [1.807, 2.05) is 0 Å². The van der Waals surface area contributed by atoms with Gasteiger partial charge in [0.2, 0.25) is 0 Å². The summed E-state index contributed by atoms with van der Waals surface area (Å²) >= 11 is 0. The smallest absolute Gasteiger partial charge is 0.00955 e. The summed E-state index contributed by atoms with van der Waals surface area (Å²) in [5, 5.41) is 3.51. The van der Waals surface area contributed by atoms with E-state index in [-0.39, 0.29) is 0 Å². The molecule has 1 saturated heterocycles. The van der Waals surface area contributed by atoms with Crippen LogP contribution in [0.25, 0.3) is 0 Å². The highest BCUT2D eigenvalue weighted by atomic mass is 15.2. The van der Waals surface area contributed by atoms with E-state index >= 15 is 0 Å². The van der Waals surface area contributed by atoms with Crippen molar-refractivity contribution < 1.29 is 0 Å². The van der Waals surface area contributed by atoms with E-state index in [9.17, 15) is 0 Å². The molecule has 0 aromatic heterocycles. The molecular formula is C16H34N2. The Kier molecular flexibility index (Phi) is 6.65. The SMILES string of the molecule is CC1CC(C)C(C)N(C(C)CCCNC(C)C)C1. The van der Waals surface area contributed by atoms with Crippen molar-refractivity contribution in [2.75, 3.05) is 13.1 Å². The number of likely N-dealkylation sites (tertiary alicyclic amines) is 1. The highest BCUT2D eigenvalue weighted by Gasteiger charge is 2.31. The first-order chi connectivity index (χ1) is 8.41. The van der Waals surface area contributed by atoms with Crippen LogP contribution in [0.3, 0.4) is 0 Å². The van der Waals surface area contributed by atoms with Crippen LogP contribution < -0.4 is 5.32 Å². The third kappa shape index (κ3) is 4.89. The van der Waals surface area contributed by atoms with Gasteiger partial charge in [-0.25, -0.2) is 0 Å². The molecule has 1 N–H and O–H groups in total. The van der Waals surface area contributed by atoms with Crippen molar-refractivity contribution in [3.8, 4) is 0 Å². The van der Waals surface area contributed by atoms with Crippen molar-refractivity contribution in [2.45, 2.75) is 78.9 Å². The molecule has 1 heterocycles. The van der Waals surface area contributed by atoms with E-state index in [2.05, 4.69) is 51.8 Å². The van der Waals surface area contributed by atoms with Gasteiger partial charge in [0.25, 0.3) is 0 Å². The van der Waals surface area contributed by atoms with Gasteiger partial charge in [-0.3, -0.25) is 4.90 Å². The molecule has 108 valence electrons. The quantitative estimate of drug-likeness (QED) is 0.730. The van der Waals surface area contributed by atoms with Crippen LogP contribution in [0.15, 0.2) is 0 Å². The Balaban J connectivity index is 2.33. The standard InChI is InChI=1S/C16H34N2/c1-12(2)17-9-7-8-15(5)18-11-13(3)10-14(4)16(18)6/h12-17H,7-11H2,1-6H3. The Labute approximate surface area is 115 Å². The Hall–Kier alpha value is -0.0800. The lowest BCUT2D eigenvalue weighted by molar-refractivity contribution is 0.0428. The molecule has 1 aliphatic rings. The second-order valence-corrected chi connectivity index (χ2v) is 6.86. The molecule has 2 heteroatoms. The molecule has 18 heavy (non-hydrogen) atoms. The molecule has 1 aliphatic heterocycles. The van der Waals surface area contributed by atoms with Crippen molar-refractivity contribution in [1.29, 1.82) is 0 Å². The summed E-state index contributed by atoms with van der Waals surface area (Å²) in [6.45, 7) is 16.6. The predicted octanol–water partition coefficient (Wildman–Crippen LogP) is 3.52. The lowest BCUT2D eigenvalue weighted by Gasteiger charge is -2.44. The van der Waals surface area contributed by atoms with Crippen LogP contribution in [0.1, 0.15) is 60.8 Å². The Bertz CT molecular complexity index is 227. The van der Waals surface area contributed by atoms with Gasteiger partial charge < -0.3 is 5.32 Å². The minimum absolute atomic E-state index is 0.620. The van der Waals surface area contributed by atoms with Crippen molar-refractivity contribution in [3.05, 3.63) is 0 Å². The van der Waals surface area contributed by atoms with Gasteiger partial charge in [-0.1, -0.05) is 27.7 Å². The number of nitrogens with zero attached hydrogens (tertiary/aromatic N) is 1. The molecule has 1 fully saturated rings. The Morgan fingerprint density at radius 1 is 1.17 bits per heavy atom. The summed E-state index contributed by atoms with van der Waals surface area (Å²) in [6.07, 6.45) is 4.02. The highest BCUT2D eigenvalue weighted by Crippen LogP contribution is 2.29. The van der Waals surface area contributed by atoms with Crippen LogP contribution in [0, 0.1) is 11.8 Å². The van der Waals surface area contributed by atoms with E-state index in [0.29, 0.717) is 6.04 Å². The molecule has 4 unspecified atom stereocenters. The molecule has 2 nitrogen and oxygen atoms in total. The third-order valence-electron chi connectivity index (χ3n) is 4.56. The summed E-state index contributed by atoms with van der Waals surface area (Å²) in [4.78, 5) is 2.74. The maximum Gasteiger partial charge on any atom is 0.00955 e. The molecule has 0 aromatic rings. The molecule has 0 aliphatic carbocycles. The second kappa shape index (κ2) is 7.49. The zero-order chi connectivity index (χ0) is 13.7. The van der Waals surface area contributed by atoms with Gasteiger partial charge in [0.1, 0.15) is 0 Å². The van der Waals surface area contributed by atoms with E-state index < -0.39 is 0 Å². The molecule has 0 radical (unpaired) electrons. The van der Waals surface area contributed by atoms with E-state index in [0.717, 1.165) is 30.5 Å². The van der Waals surface area contributed by atoms with Gasteiger partial charge in [0.15, 0.2) is 0 Å². The summed E-state index contributed by atoms with van der Waals surface area (Å²) in [5.74, 6) is 1.72. The molecule has 0 saturated carbocycles. The zero-order valence-corrected chi connectivity index (χ0v) is 13.4. The maximum atomic E-state index is 3.51. The largest absolute Gasteiger partial charge is 0.315 e. The van der Waals surface area contributed by atoms with Gasteiger partial charge in [-0.15, -0.1) is 0 Å². The van der Waals surface area contributed by atoms with Gasteiger partial charge in [0, 0.05) is 24.7 Å². The van der Waals surface area contributed by atoms with E-state index in [4.69, 9.17) is 0 Å². The first-order valence-corrected chi connectivity index (χ1v) is 7.91. The number of hydrogen-bond acceptors (Lipinski definition) is 2. The summed E-state index contributed by atoms with van der Waals surface area (Å²) < 4.78 is 0. The lowest BCUT2D eigenvalue weighted by atomic mass is 9.84. The first kappa shape index (κ1) is 16.0. The van der Waals surface area contributed by atoms with Crippen LogP contribution in [0.4, 0.5) is 0 Å². The highest BCUT2D eigenvalue weighted by molar-refractivity contribution is 4.85. The average molecular weight is 254 g/mol. The second-order valence-electron chi connectivity index (χ2n) is 6.86. The first-order valence-electron chi connectivity index (χ1n) is 7.91. The molecule has 4 atom stereocenters. The number of rotatable bonds is 6. The van der Waals surface area contributed by atoms with Gasteiger partial charge in [-0.05, 0) is 51.5 Å². The third-order valence-corrected chi connectivity index (χ3v) is 4.56. The topological polar surface area (TPSA) is 15.3 Å².